The van der Waals surface area contributed by atoms with Crippen LogP contribution < -0.4 is 0 Å². The van der Waals surface area contributed by atoms with Crippen LogP contribution in [0.15, 0.2) is 60.7 Å². The standard InChI is InChI=1S/C25H35NO2/c1-2-3-4-5-12-17-24(27)18-19-25(28)26(20-22-13-8-6-9-14-22)21-23-15-10-7-11-16-23/h6-11,13-16,24,27H,2-5,12,17-21H2,1H3. The van der Waals surface area contributed by atoms with Gasteiger partial charge in [0.05, 0.1) is 6.10 Å². The third-order valence-electron chi connectivity index (χ3n) is 5.12. The molecule has 152 valence electrons. The van der Waals surface area contributed by atoms with E-state index in [1.54, 1.807) is 0 Å². The van der Waals surface area contributed by atoms with E-state index in [-0.39, 0.29) is 12.0 Å². The van der Waals surface area contributed by atoms with Crippen molar-refractivity contribution < 1.29 is 9.90 Å². The summed E-state index contributed by atoms with van der Waals surface area (Å²) in [6, 6.07) is 20.2. The van der Waals surface area contributed by atoms with Gasteiger partial charge in [-0.2, -0.15) is 0 Å². The summed E-state index contributed by atoms with van der Waals surface area (Å²) in [5.74, 6) is 0.109. The molecule has 0 saturated carbocycles. The predicted octanol–water partition coefficient (Wildman–Crippen LogP) is 5.72. The maximum Gasteiger partial charge on any atom is 0.223 e. The van der Waals surface area contributed by atoms with Gasteiger partial charge in [-0.25, -0.2) is 0 Å². The van der Waals surface area contributed by atoms with Gasteiger partial charge in [-0.1, -0.05) is 99.7 Å². The van der Waals surface area contributed by atoms with Gasteiger partial charge in [0.1, 0.15) is 0 Å². The maximum absolute atomic E-state index is 12.9. The zero-order chi connectivity index (χ0) is 20.0. The van der Waals surface area contributed by atoms with E-state index < -0.39 is 0 Å². The number of carbonyl (C=O) groups excluding carboxylic acids is 1. The number of aliphatic hydroxyl groups excluding tert-OH is 1. The van der Waals surface area contributed by atoms with Crippen LogP contribution in [0.1, 0.15) is 69.4 Å². The van der Waals surface area contributed by atoms with Crippen LogP contribution in [0.4, 0.5) is 0 Å². The van der Waals surface area contributed by atoms with Crippen molar-refractivity contribution >= 4 is 5.91 Å². The number of nitrogens with zero attached hydrogens (tertiary/aromatic N) is 1. The fourth-order valence-corrected chi connectivity index (χ4v) is 3.42. The minimum atomic E-state index is -0.374. The summed E-state index contributed by atoms with van der Waals surface area (Å²) in [4.78, 5) is 14.8. The fraction of sp³-hybridized carbons (Fsp3) is 0.480. The van der Waals surface area contributed by atoms with E-state index in [0.717, 1.165) is 24.0 Å². The molecule has 28 heavy (non-hydrogen) atoms. The molecule has 0 aliphatic rings. The molecule has 0 aliphatic carbocycles. The minimum Gasteiger partial charge on any atom is -0.393 e. The first-order valence-corrected chi connectivity index (χ1v) is 10.7. The van der Waals surface area contributed by atoms with Crippen LogP contribution in [0.5, 0.6) is 0 Å². The zero-order valence-electron chi connectivity index (χ0n) is 17.2. The van der Waals surface area contributed by atoms with Gasteiger partial charge in [-0.15, -0.1) is 0 Å². The van der Waals surface area contributed by atoms with Crippen molar-refractivity contribution in [2.24, 2.45) is 0 Å². The highest BCUT2D eigenvalue weighted by molar-refractivity contribution is 5.76. The van der Waals surface area contributed by atoms with Crippen molar-refractivity contribution in [1.29, 1.82) is 0 Å². The maximum atomic E-state index is 12.9. The predicted molar refractivity (Wildman–Crippen MR) is 116 cm³/mol. The van der Waals surface area contributed by atoms with E-state index >= 15 is 0 Å². The second kappa shape index (κ2) is 13.1. The average Bonchev–Trinajstić information content (AvgIpc) is 2.73. The van der Waals surface area contributed by atoms with Crippen molar-refractivity contribution in [2.45, 2.75) is 77.5 Å². The zero-order valence-corrected chi connectivity index (χ0v) is 17.2. The van der Waals surface area contributed by atoms with Crippen LogP contribution in [-0.4, -0.2) is 22.0 Å². The molecule has 2 rings (SSSR count). The number of unbranched alkanes of at least 4 members (excludes halogenated alkanes) is 4. The Morgan fingerprint density at radius 3 is 1.89 bits per heavy atom. The topological polar surface area (TPSA) is 40.5 Å². The molecule has 3 nitrogen and oxygen atoms in total. The van der Waals surface area contributed by atoms with Gasteiger partial charge in [0.15, 0.2) is 0 Å². The number of rotatable bonds is 13. The molecular formula is C25H35NO2. The van der Waals surface area contributed by atoms with Gasteiger partial charge in [-0.05, 0) is 24.0 Å². The lowest BCUT2D eigenvalue weighted by Gasteiger charge is -2.24. The molecule has 0 spiro atoms. The van der Waals surface area contributed by atoms with Gasteiger partial charge in [0.25, 0.3) is 0 Å². The molecule has 0 aliphatic heterocycles. The number of amides is 1. The molecule has 0 heterocycles. The first kappa shape index (κ1) is 22.2. The molecule has 2 aromatic carbocycles. The van der Waals surface area contributed by atoms with Crippen molar-refractivity contribution in [3.8, 4) is 0 Å². The lowest BCUT2D eigenvalue weighted by molar-refractivity contribution is -0.133. The van der Waals surface area contributed by atoms with E-state index in [9.17, 15) is 9.90 Å². The highest BCUT2D eigenvalue weighted by atomic mass is 16.3. The lowest BCUT2D eigenvalue weighted by atomic mass is 10.0. The Morgan fingerprint density at radius 1 is 0.821 bits per heavy atom. The number of aliphatic hydroxyl groups is 1. The Balaban J connectivity index is 1.85. The second-order valence-corrected chi connectivity index (χ2v) is 7.62. The Kier molecular flexibility index (Phi) is 10.4. The van der Waals surface area contributed by atoms with E-state index in [0.29, 0.717) is 25.9 Å². The van der Waals surface area contributed by atoms with E-state index in [2.05, 4.69) is 31.2 Å². The fourth-order valence-electron chi connectivity index (χ4n) is 3.42. The van der Waals surface area contributed by atoms with E-state index in [4.69, 9.17) is 0 Å². The highest BCUT2D eigenvalue weighted by Crippen LogP contribution is 2.15. The lowest BCUT2D eigenvalue weighted by Crippen LogP contribution is -2.30. The highest BCUT2D eigenvalue weighted by Gasteiger charge is 2.16. The summed E-state index contributed by atoms with van der Waals surface area (Å²) in [7, 11) is 0. The molecule has 3 heteroatoms. The molecule has 1 N–H and O–H groups in total. The van der Waals surface area contributed by atoms with Crippen LogP contribution in [0.3, 0.4) is 0 Å². The number of benzene rings is 2. The molecule has 0 bridgehead atoms. The Labute approximate surface area is 170 Å². The molecule has 2 aromatic rings. The van der Waals surface area contributed by atoms with Crippen molar-refractivity contribution in [3.05, 3.63) is 71.8 Å². The third kappa shape index (κ3) is 8.71. The normalized spacial score (nSPS) is 11.9. The van der Waals surface area contributed by atoms with Gasteiger partial charge in [-0.3, -0.25) is 4.79 Å². The molecule has 0 fully saturated rings. The average molecular weight is 382 g/mol. The third-order valence-corrected chi connectivity index (χ3v) is 5.12. The van der Waals surface area contributed by atoms with Crippen molar-refractivity contribution in [3.63, 3.8) is 0 Å². The summed E-state index contributed by atoms with van der Waals surface area (Å²) in [6.45, 7) is 3.40. The van der Waals surface area contributed by atoms with Crippen LogP contribution in [0, 0.1) is 0 Å². The smallest absolute Gasteiger partial charge is 0.223 e. The van der Waals surface area contributed by atoms with Gasteiger partial charge in [0.2, 0.25) is 5.91 Å². The van der Waals surface area contributed by atoms with Crippen LogP contribution >= 0.6 is 0 Å². The first-order chi connectivity index (χ1) is 13.7. The summed E-state index contributed by atoms with van der Waals surface area (Å²) >= 11 is 0. The Morgan fingerprint density at radius 2 is 1.36 bits per heavy atom. The molecule has 0 radical (unpaired) electrons. The molecule has 1 atom stereocenters. The second-order valence-electron chi connectivity index (χ2n) is 7.62. The largest absolute Gasteiger partial charge is 0.393 e. The van der Waals surface area contributed by atoms with Crippen molar-refractivity contribution in [1.82, 2.24) is 4.90 Å². The van der Waals surface area contributed by atoms with Gasteiger partial charge >= 0.3 is 0 Å². The summed E-state index contributed by atoms with van der Waals surface area (Å²) < 4.78 is 0. The molecular weight excluding hydrogens is 346 g/mol. The summed E-state index contributed by atoms with van der Waals surface area (Å²) in [6.07, 6.45) is 7.33. The molecule has 0 saturated heterocycles. The van der Waals surface area contributed by atoms with Crippen molar-refractivity contribution in [2.75, 3.05) is 0 Å². The number of hydrogen-bond donors (Lipinski definition) is 1. The Hall–Kier alpha value is -2.13. The summed E-state index contributed by atoms with van der Waals surface area (Å²) in [5.41, 5.74) is 2.26. The Bertz CT molecular complexity index is 615. The summed E-state index contributed by atoms with van der Waals surface area (Å²) in [5, 5.41) is 10.2. The first-order valence-electron chi connectivity index (χ1n) is 10.7. The van der Waals surface area contributed by atoms with E-state index in [1.807, 2.05) is 41.3 Å². The van der Waals surface area contributed by atoms with Gasteiger partial charge in [0, 0.05) is 19.5 Å². The van der Waals surface area contributed by atoms with Gasteiger partial charge < -0.3 is 10.0 Å². The van der Waals surface area contributed by atoms with Crippen LogP contribution in [0.2, 0.25) is 0 Å². The number of hydrogen-bond acceptors (Lipinski definition) is 2. The van der Waals surface area contributed by atoms with Crippen LogP contribution in [0.25, 0.3) is 0 Å². The number of carbonyl (C=O) groups is 1. The molecule has 0 aromatic heterocycles. The van der Waals surface area contributed by atoms with Crippen LogP contribution in [-0.2, 0) is 17.9 Å². The van der Waals surface area contributed by atoms with E-state index in [1.165, 1.54) is 25.7 Å². The quantitative estimate of drug-likeness (QED) is 0.451. The molecule has 1 amide bonds. The SMILES string of the molecule is CCCCCCCC(O)CCC(=O)N(Cc1ccccc1)Cc1ccccc1. The molecule has 1 unspecified atom stereocenters. The minimum absolute atomic E-state index is 0.109. The monoisotopic (exact) mass is 381 g/mol.